The molecule has 0 aliphatic rings. The van der Waals surface area contributed by atoms with Crippen molar-refractivity contribution in [1.82, 2.24) is 0 Å². The summed E-state index contributed by atoms with van der Waals surface area (Å²) in [5.41, 5.74) is 2.20. The third kappa shape index (κ3) is 2.83. The molecule has 1 heterocycles. The van der Waals surface area contributed by atoms with Gasteiger partial charge in [0, 0.05) is 4.70 Å². The Bertz CT molecular complexity index is 746. The fraction of sp³-hybridized carbons (Fsp3) is 0.167. The van der Waals surface area contributed by atoms with Crippen LogP contribution in [0.5, 0.6) is 0 Å². The van der Waals surface area contributed by atoms with Crippen molar-refractivity contribution in [3.05, 3.63) is 71.1 Å². The van der Waals surface area contributed by atoms with Crippen LogP contribution < -0.4 is 0 Å². The maximum atomic E-state index is 12.2. The standard InChI is InChI=1S/C18H16O2S/c1-20-18(19)15(11-13-7-3-2-4-8-13)16-12-21-17-10-6-5-9-14(16)17/h2-10,12,15H,11H2,1H3. The molecule has 2 aromatic carbocycles. The van der Waals surface area contributed by atoms with Crippen molar-refractivity contribution >= 4 is 27.4 Å². The molecule has 0 radical (unpaired) electrons. The monoisotopic (exact) mass is 296 g/mol. The molecule has 1 unspecified atom stereocenters. The van der Waals surface area contributed by atoms with Crippen LogP contribution in [-0.2, 0) is 16.0 Å². The van der Waals surface area contributed by atoms with E-state index in [9.17, 15) is 4.79 Å². The predicted octanol–water partition coefficient (Wildman–Crippen LogP) is 4.40. The van der Waals surface area contributed by atoms with Crippen molar-refractivity contribution in [2.45, 2.75) is 12.3 Å². The zero-order chi connectivity index (χ0) is 14.7. The summed E-state index contributed by atoms with van der Waals surface area (Å²) < 4.78 is 6.23. The quantitative estimate of drug-likeness (QED) is 0.667. The highest BCUT2D eigenvalue weighted by Gasteiger charge is 2.24. The van der Waals surface area contributed by atoms with E-state index in [1.54, 1.807) is 11.3 Å². The summed E-state index contributed by atoms with van der Waals surface area (Å²) in [7, 11) is 1.45. The minimum absolute atomic E-state index is 0.178. The zero-order valence-electron chi connectivity index (χ0n) is 11.8. The molecule has 1 atom stereocenters. The average Bonchev–Trinajstić information content (AvgIpc) is 2.97. The Labute approximate surface area is 128 Å². The Kier molecular flexibility index (Phi) is 4.02. The van der Waals surface area contributed by atoms with Crippen LogP contribution in [0.1, 0.15) is 17.0 Å². The first-order valence-corrected chi connectivity index (χ1v) is 7.75. The summed E-state index contributed by atoms with van der Waals surface area (Å²) in [5.74, 6) is -0.434. The molecular formula is C18H16O2S. The maximum absolute atomic E-state index is 12.2. The van der Waals surface area contributed by atoms with E-state index in [4.69, 9.17) is 4.74 Å². The third-order valence-electron chi connectivity index (χ3n) is 3.65. The van der Waals surface area contributed by atoms with Crippen LogP contribution in [0.4, 0.5) is 0 Å². The molecule has 0 amide bonds. The Morgan fingerprint density at radius 3 is 2.57 bits per heavy atom. The van der Waals surface area contributed by atoms with Crippen LogP contribution in [-0.4, -0.2) is 13.1 Å². The fourth-order valence-corrected chi connectivity index (χ4v) is 3.60. The number of ether oxygens (including phenoxy) is 1. The smallest absolute Gasteiger partial charge is 0.313 e. The van der Waals surface area contributed by atoms with E-state index >= 15 is 0 Å². The Balaban J connectivity index is 2.01. The van der Waals surface area contributed by atoms with Gasteiger partial charge in [-0.15, -0.1) is 11.3 Å². The molecule has 2 nitrogen and oxygen atoms in total. The maximum Gasteiger partial charge on any atom is 0.313 e. The molecule has 0 spiro atoms. The van der Waals surface area contributed by atoms with Crippen molar-refractivity contribution in [3.63, 3.8) is 0 Å². The molecule has 106 valence electrons. The molecule has 3 rings (SSSR count). The molecule has 21 heavy (non-hydrogen) atoms. The number of rotatable bonds is 4. The normalized spacial score (nSPS) is 12.2. The van der Waals surface area contributed by atoms with Gasteiger partial charge in [-0.2, -0.15) is 0 Å². The first kappa shape index (κ1) is 13.8. The molecule has 0 saturated heterocycles. The molecule has 1 aromatic heterocycles. The zero-order valence-corrected chi connectivity index (χ0v) is 12.6. The van der Waals surface area contributed by atoms with Gasteiger partial charge >= 0.3 is 5.97 Å². The van der Waals surface area contributed by atoms with E-state index in [-0.39, 0.29) is 11.9 Å². The molecule has 0 bridgehead atoms. The largest absolute Gasteiger partial charge is 0.469 e. The number of fused-ring (bicyclic) bond motifs is 1. The lowest BCUT2D eigenvalue weighted by Gasteiger charge is -2.14. The SMILES string of the molecule is COC(=O)C(Cc1ccccc1)c1csc2ccccc12. The van der Waals surface area contributed by atoms with Crippen LogP contribution >= 0.6 is 11.3 Å². The molecule has 3 heteroatoms. The fourth-order valence-electron chi connectivity index (χ4n) is 2.58. The summed E-state index contributed by atoms with van der Waals surface area (Å²) in [5, 5.41) is 3.23. The lowest BCUT2D eigenvalue weighted by atomic mass is 9.92. The second kappa shape index (κ2) is 6.10. The van der Waals surface area contributed by atoms with Crippen molar-refractivity contribution in [2.24, 2.45) is 0 Å². The molecule has 0 N–H and O–H groups in total. The van der Waals surface area contributed by atoms with E-state index in [0.29, 0.717) is 6.42 Å². The van der Waals surface area contributed by atoms with E-state index in [0.717, 1.165) is 16.5 Å². The van der Waals surface area contributed by atoms with Crippen LogP contribution in [0.15, 0.2) is 60.0 Å². The van der Waals surface area contributed by atoms with E-state index < -0.39 is 0 Å². The summed E-state index contributed by atoms with van der Waals surface area (Å²) in [6, 6.07) is 18.3. The lowest BCUT2D eigenvalue weighted by Crippen LogP contribution is -2.16. The average molecular weight is 296 g/mol. The number of benzene rings is 2. The first-order chi connectivity index (χ1) is 10.3. The predicted molar refractivity (Wildman–Crippen MR) is 86.7 cm³/mol. The van der Waals surface area contributed by atoms with Gasteiger partial charge in [-0.05, 0) is 34.4 Å². The summed E-state index contributed by atoms with van der Waals surface area (Å²) in [6.07, 6.45) is 0.661. The van der Waals surface area contributed by atoms with Crippen molar-refractivity contribution in [2.75, 3.05) is 7.11 Å². The van der Waals surface area contributed by atoms with Crippen molar-refractivity contribution < 1.29 is 9.53 Å². The number of thiophene rings is 1. The van der Waals surface area contributed by atoms with Crippen LogP contribution in [0, 0.1) is 0 Å². The Morgan fingerprint density at radius 2 is 1.81 bits per heavy atom. The van der Waals surface area contributed by atoms with Gasteiger partial charge in [-0.3, -0.25) is 4.79 Å². The van der Waals surface area contributed by atoms with Gasteiger partial charge < -0.3 is 4.74 Å². The van der Waals surface area contributed by atoms with E-state index in [1.807, 2.05) is 42.5 Å². The Hall–Kier alpha value is -2.13. The highest BCUT2D eigenvalue weighted by atomic mass is 32.1. The van der Waals surface area contributed by atoms with Crippen LogP contribution in [0.3, 0.4) is 0 Å². The van der Waals surface area contributed by atoms with Crippen LogP contribution in [0.25, 0.3) is 10.1 Å². The van der Waals surface area contributed by atoms with Gasteiger partial charge in [-0.25, -0.2) is 0 Å². The number of methoxy groups -OCH3 is 1. The molecule has 3 aromatic rings. The van der Waals surface area contributed by atoms with E-state index in [1.165, 1.54) is 11.8 Å². The molecule has 0 fully saturated rings. The number of carbonyl (C=O) groups is 1. The molecule has 0 aliphatic carbocycles. The topological polar surface area (TPSA) is 26.3 Å². The second-order valence-electron chi connectivity index (χ2n) is 4.95. The van der Waals surface area contributed by atoms with Crippen molar-refractivity contribution in [1.29, 1.82) is 0 Å². The molecule has 0 aliphatic heterocycles. The van der Waals surface area contributed by atoms with E-state index in [2.05, 4.69) is 17.5 Å². The van der Waals surface area contributed by atoms with Crippen LogP contribution in [0.2, 0.25) is 0 Å². The third-order valence-corrected chi connectivity index (χ3v) is 4.64. The summed E-state index contributed by atoms with van der Waals surface area (Å²) >= 11 is 1.67. The molecular weight excluding hydrogens is 280 g/mol. The first-order valence-electron chi connectivity index (χ1n) is 6.87. The number of esters is 1. The van der Waals surface area contributed by atoms with Gasteiger partial charge in [0.25, 0.3) is 0 Å². The number of hydrogen-bond donors (Lipinski definition) is 0. The number of hydrogen-bond acceptors (Lipinski definition) is 3. The summed E-state index contributed by atoms with van der Waals surface area (Å²) in [6.45, 7) is 0. The van der Waals surface area contributed by atoms with Gasteiger partial charge in [0.2, 0.25) is 0 Å². The second-order valence-corrected chi connectivity index (χ2v) is 5.86. The summed E-state index contributed by atoms with van der Waals surface area (Å²) in [4.78, 5) is 12.2. The highest BCUT2D eigenvalue weighted by Crippen LogP contribution is 2.33. The Morgan fingerprint density at radius 1 is 1.10 bits per heavy atom. The number of carbonyl (C=O) groups excluding carboxylic acids is 1. The van der Waals surface area contributed by atoms with Gasteiger partial charge in [0.15, 0.2) is 0 Å². The minimum atomic E-state index is -0.256. The lowest BCUT2D eigenvalue weighted by molar-refractivity contribution is -0.142. The van der Waals surface area contributed by atoms with Gasteiger partial charge in [0.05, 0.1) is 13.0 Å². The van der Waals surface area contributed by atoms with Crippen molar-refractivity contribution in [3.8, 4) is 0 Å². The highest BCUT2D eigenvalue weighted by molar-refractivity contribution is 7.17. The molecule has 0 saturated carbocycles. The van der Waals surface area contributed by atoms with Gasteiger partial charge in [-0.1, -0.05) is 48.5 Å². The van der Waals surface area contributed by atoms with Gasteiger partial charge in [0.1, 0.15) is 0 Å². The minimum Gasteiger partial charge on any atom is -0.469 e.